The molecule has 0 aliphatic carbocycles. The number of anilines is 8. The van der Waals surface area contributed by atoms with Gasteiger partial charge in [0.15, 0.2) is 0 Å². The van der Waals surface area contributed by atoms with Gasteiger partial charge in [-0.2, -0.15) is 0 Å². The van der Waals surface area contributed by atoms with Crippen LogP contribution in [0, 0.1) is 0 Å². The van der Waals surface area contributed by atoms with E-state index in [2.05, 4.69) is 104 Å². The largest absolute Gasteiger partial charge is 0.444 e. The van der Waals surface area contributed by atoms with Crippen LogP contribution in [0.2, 0.25) is 0 Å². The highest BCUT2D eigenvalue weighted by atomic mass is 16.6. The van der Waals surface area contributed by atoms with E-state index in [0.717, 1.165) is 71.4 Å². The topological polar surface area (TPSA) is 107 Å². The van der Waals surface area contributed by atoms with Crippen LogP contribution in [0.25, 0.3) is 0 Å². The lowest BCUT2D eigenvalue weighted by Crippen LogP contribution is -2.15. The second kappa shape index (κ2) is 30.3. The normalized spacial score (nSPS) is 10.9. The summed E-state index contributed by atoms with van der Waals surface area (Å²) in [5, 5.41) is 12.9. The van der Waals surface area contributed by atoms with Crippen LogP contribution in [0.15, 0.2) is 218 Å². The first kappa shape index (κ1) is 54.1. The van der Waals surface area contributed by atoms with Gasteiger partial charge in [-0.05, 0) is 145 Å². The Hall–Kier alpha value is -8.18. The Bertz CT molecular complexity index is 2610. The van der Waals surface area contributed by atoms with Crippen LogP contribution in [0.4, 0.5) is 55.1 Å². The highest BCUT2D eigenvalue weighted by Crippen LogP contribution is 2.36. The van der Waals surface area contributed by atoms with Crippen LogP contribution in [-0.4, -0.2) is 25.3 Å². The van der Waals surface area contributed by atoms with Crippen LogP contribution in [-0.2, 0) is 35.8 Å². The fourth-order valence-corrected chi connectivity index (χ4v) is 9.08. The molecule has 0 heterocycles. The first-order valence-electron chi connectivity index (χ1n) is 27.0. The van der Waals surface area contributed by atoms with Crippen molar-refractivity contribution in [3.8, 4) is 0 Å². The van der Waals surface area contributed by atoms with Gasteiger partial charge < -0.3 is 29.9 Å². The van der Waals surface area contributed by atoms with Crippen LogP contribution >= 0.6 is 0 Å². The highest BCUT2D eigenvalue weighted by molar-refractivity contribution is 5.87. The predicted octanol–water partition coefficient (Wildman–Crippen LogP) is 16.9. The fraction of sp³-hybridized carbons (Fsp3) is 0.242. The van der Waals surface area contributed by atoms with Crippen molar-refractivity contribution in [2.75, 3.05) is 33.5 Å². The van der Waals surface area contributed by atoms with Gasteiger partial charge >= 0.3 is 12.2 Å². The minimum absolute atomic E-state index is 0.205. The molecule has 0 radical (unpaired) electrons. The minimum atomic E-state index is -0.484. The van der Waals surface area contributed by atoms with Crippen molar-refractivity contribution in [2.24, 2.45) is 0 Å². The Balaban J connectivity index is 0.594. The number of unbranched alkanes of at least 4 members (excludes halogenated alkanes) is 9. The van der Waals surface area contributed by atoms with Gasteiger partial charge in [-0.1, -0.05) is 173 Å². The summed E-state index contributed by atoms with van der Waals surface area (Å²) in [4.78, 5) is 29.7. The van der Waals surface area contributed by atoms with Crippen molar-refractivity contribution in [3.05, 3.63) is 241 Å². The molecule has 0 saturated carbocycles. The average molecular weight is 1010 g/mol. The van der Waals surface area contributed by atoms with Gasteiger partial charge in [0.25, 0.3) is 0 Å². The zero-order valence-electron chi connectivity index (χ0n) is 43.6. The molecular formula is C66H72N6O4. The third kappa shape index (κ3) is 17.8. The number of carbonyl (C=O) groups is 2. The van der Waals surface area contributed by atoms with E-state index in [9.17, 15) is 9.59 Å². The predicted molar refractivity (Wildman–Crippen MR) is 312 cm³/mol. The molecule has 76 heavy (non-hydrogen) atoms. The molecule has 0 aromatic heterocycles. The number of benzene rings is 8. The van der Waals surface area contributed by atoms with E-state index in [1.54, 1.807) is 0 Å². The number of para-hydroxylation sites is 4. The molecular weight excluding hydrogens is 941 g/mol. The van der Waals surface area contributed by atoms with E-state index in [0.29, 0.717) is 11.4 Å². The molecule has 0 bridgehead atoms. The van der Waals surface area contributed by atoms with Crippen LogP contribution in [0.3, 0.4) is 0 Å². The maximum absolute atomic E-state index is 12.7. The lowest BCUT2D eigenvalue weighted by molar-refractivity contribution is 0.154. The van der Waals surface area contributed by atoms with Gasteiger partial charge in [0.1, 0.15) is 13.2 Å². The molecule has 10 heteroatoms. The third-order valence-corrected chi connectivity index (χ3v) is 13.2. The molecule has 0 fully saturated rings. The number of nitrogens with zero attached hydrogens (tertiary/aromatic N) is 2. The molecule has 0 atom stereocenters. The molecule has 0 unspecified atom stereocenters. The Morgan fingerprint density at radius 3 is 0.868 bits per heavy atom. The maximum atomic E-state index is 12.7. The minimum Gasteiger partial charge on any atom is -0.444 e. The molecule has 8 rings (SSSR count). The van der Waals surface area contributed by atoms with Crippen molar-refractivity contribution in [3.63, 3.8) is 0 Å². The van der Waals surface area contributed by atoms with Crippen LogP contribution < -0.4 is 31.1 Å². The first-order chi connectivity index (χ1) is 37.5. The number of ether oxygens (including phenoxy) is 2. The Morgan fingerprint density at radius 2 is 0.566 bits per heavy atom. The molecule has 0 aliphatic heterocycles. The van der Waals surface area contributed by atoms with Crippen molar-refractivity contribution >= 4 is 57.7 Å². The van der Waals surface area contributed by atoms with E-state index in [4.69, 9.17) is 9.47 Å². The van der Waals surface area contributed by atoms with Crippen LogP contribution in [0.5, 0.6) is 0 Å². The number of carbonyl (C=O) groups excluding carboxylic acids is 2. The smallest absolute Gasteiger partial charge is 0.411 e. The Labute approximate surface area is 450 Å². The van der Waals surface area contributed by atoms with Crippen molar-refractivity contribution < 1.29 is 19.1 Å². The molecule has 2 amide bonds. The third-order valence-electron chi connectivity index (χ3n) is 13.2. The molecule has 0 spiro atoms. The van der Waals surface area contributed by atoms with Gasteiger partial charge in [-0.3, -0.25) is 10.6 Å². The van der Waals surface area contributed by atoms with E-state index >= 15 is 0 Å². The van der Waals surface area contributed by atoms with E-state index < -0.39 is 12.2 Å². The van der Waals surface area contributed by atoms with Crippen molar-refractivity contribution in [2.45, 2.75) is 90.5 Å². The Morgan fingerprint density at radius 1 is 0.303 bits per heavy atom. The summed E-state index contributed by atoms with van der Waals surface area (Å²) in [6, 6.07) is 72.9. The molecule has 4 N–H and O–H groups in total. The monoisotopic (exact) mass is 1010 g/mol. The summed E-state index contributed by atoms with van der Waals surface area (Å²) in [6.45, 7) is 4.10. The molecule has 0 aliphatic rings. The van der Waals surface area contributed by atoms with E-state index in [-0.39, 0.29) is 13.2 Å². The summed E-state index contributed by atoms with van der Waals surface area (Å²) in [5.74, 6) is 0. The molecule has 0 saturated heterocycles. The Kier molecular flexibility index (Phi) is 21.5. The lowest BCUT2D eigenvalue weighted by atomic mass is 10.1. The standard InChI is InChI=1S/C66H72N6O4/c73-65(69-57-39-43-63(44-40-57)71(59-23-13-9-14-24-59)60-25-15-10-16-26-60)75-51-55-35-31-53(32-36-55)49-67-47-21-7-5-3-1-2-4-6-8-22-48-68-50-54-33-37-56(38-34-54)52-76-66(74)70-58-41-45-64(46-42-58)72(61-27-17-11-18-28-61)62-29-19-12-20-30-62/h9-20,23-46,67-68H,1-8,21-22,47-52H2,(H,69,73)(H,70,74). The zero-order chi connectivity index (χ0) is 52.2. The van der Waals surface area contributed by atoms with Gasteiger partial charge in [0, 0.05) is 58.6 Å². The fourth-order valence-electron chi connectivity index (χ4n) is 9.08. The summed E-state index contributed by atoms with van der Waals surface area (Å²) >= 11 is 0. The second-order valence-electron chi connectivity index (χ2n) is 19.0. The van der Waals surface area contributed by atoms with Gasteiger partial charge in [-0.25, -0.2) is 9.59 Å². The number of amides is 2. The van der Waals surface area contributed by atoms with Gasteiger partial charge in [0.2, 0.25) is 0 Å². The number of hydrogen-bond acceptors (Lipinski definition) is 8. The first-order valence-corrected chi connectivity index (χ1v) is 27.0. The molecule has 10 nitrogen and oxygen atoms in total. The van der Waals surface area contributed by atoms with E-state index in [1.165, 1.54) is 75.3 Å². The van der Waals surface area contributed by atoms with Gasteiger partial charge in [-0.15, -0.1) is 0 Å². The molecule has 8 aromatic carbocycles. The van der Waals surface area contributed by atoms with Gasteiger partial charge in [0.05, 0.1) is 0 Å². The lowest BCUT2D eigenvalue weighted by Gasteiger charge is -2.25. The molecule has 8 aromatic rings. The number of nitrogens with one attached hydrogen (secondary N) is 4. The highest BCUT2D eigenvalue weighted by Gasteiger charge is 2.15. The zero-order valence-corrected chi connectivity index (χ0v) is 43.6. The van der Waals surface area contributed by atoms with Crippen molar-refractivity contribution in [1.29, 1.82) is 0 Å². The quantitative estimate of drug-likeness (QED) is 0.0344. The second-order valence-corrected chi connectivity index (χ2v) is 19.0. The number of rotatable bonds is 29. The van der Waals surface area contributed by atoms with E-state index in [1.807, 2.05) is 146 Å². The van der Waals surface area contributed by atoms with Crippen LogP contribution in [0.1, 0.15) is 86.5 Å². The maximum Gasteiger partial charge on any atom is 0.411 e. The SMILES string of the molecule is O=C(Nc1ccc(N(c2ccccc2)c2ccccc2)cc1)OCc1ccc(CNCCCCCCCCCCCCNCc2ccc(COC(=O)Nc3ccc(N(c4ccccc4)c4ccccc4)cc3)cc2)cc1. The summed E-state index contributed by atoms with van der Waals surface area (Å²) in [5.41, 5.74) is 11.9. The molecule has 390 valence electrons. The number of hydrogen-bond donors (Lipinski definition) is 4. The summed E-state index contributed by atoms with van der Waals surface area (Å²) in [6.07, 6.45) is 11.8. The average Bonchev–Trinajstić information content (AvgIpc) is 3.47. The summed E-state index contributed by atoms with van der Waals surface area (Å²) < 4.78 is 11.1. The van der Waals surface area contributed by atoms with Crippen molar-refractivity contribution in [1.82, 2.24) is 10.6 Å². The summed E-state index contributed by atoms with van der Waals surface area (Å²) in [7, 11) is 0.